The number of nitrogens with one attached hydrogen (secondary N) is 1. The first-order chi connectivity index (χ1) is 8.79. The predicted octanol–water partition coefficient (Wildman–Crippen LogP) is 1.44. The van der Waals surface area contributed by atoms with E-state index in [-0.39, 0.29) is 0 Å². The number of rotatable bonds is 4. The van der Waals surface area contributed by atoms with Gasteiger partial charge in [-0.05, 0) is 18.9 Å². The van der Waals surface area contributed by atoms with E-state index in [4.69, 9.17) is 10.5 Å². The first-order valence-electron chi connectivity index (χ1n) is 6.34. The minimum absolute atomic E-state index is 0.489. The van der Waals surface area contributed by atoms with Crippen molar-refractivity contribution >= 4 is 5.96 Å². The van der Waals surface area contributed by atoms with Crippen LogP contribution in [0.3, 0.4) is 0 Å². The van der Waals surface area contributed by atoms with Crippen molar-refractivity contribution in [3.8, 4) is 5.88 Å². The van der Waals surface area contributed by atoms with Gasteiger partial charge in [0.15, 0.2) is 5.96 Å². The number of nitrogens with zero attached hydrogens (tertiary/aromatic N) is 2. The molecule has 3 N–H and O–H groups in total. The van der Waals surface area contributed by atoms with Crippen LogP contribution in [0.4, 0.5) is 0 Å². The van der Waals surface area contributed by atoms with Gasteiger partial charge in [0.2, 0.25) is 5.88 Å². The van der Waals surface area contributed by atoms with Gasteiger partial charge in [0.1, 0.15) is 0 Å². The van der Waals surface area contributed by atoms with E-state index >= 15 is 0 Å². The lowest BCUT2D eigenvalue weighted by Gasteiger charge is -2.12. The van der Waals surface area contributed by atoms with Crippen molar-refractivity contribution < 1.29 is 4.74 Å². The molecule has 98 valence electrons. The second kappa shape index (κ2) is 6.23. The van der Waals surface area contributed by atoms with E-state index in [1.165, 1.54) is 25.7 Å². The minimum Gasteiger partial charge on any atom is -0.481 e. The zero-order chi connectivity index (χ0) is 12.8. The van der Waals surface area contributed by atoms with Crippen molar-refractivity contribution in [2.75, 3.05) is 7.11 Å². The van der Waals surface area contributed by atoms with Gasteiger partial charge in [0.25, 0.3) is 0 Å². The molecule has 1 aliphatic carbocycles. The van der Waals surface area contributed by atoms with Gasteiger partial charge in [-0.1, -0.05) is 18.9 Å². The second-order valence-electron chi connectivity index (χ2n) is 4.50. The Hall–Kier alpha value is -1.78. The number of aromatic nitrogens is 1. The van der Waals surface area contributed by atoms with Crippen LogP contribution in [0.2, 0.25) is 0 Å². The molecule has 1 aliphatic rings. The molecule has 2 rings (SSSR count). The summed E-state index contributed by atoms with van der Waals surface area (Å²) < 4.78 is 5.17. The SMILES string of the molecule is COc1ncccc1CN=C(N)NC1CCCC1. The van der Waals surface area contributed by atoms with Crippen LogP contribution in [0.15, 0.2) is 23.3 Å². The molecule has 0 spiro atoms. The summed E-state index contributed by atoms with van der Waals surface area (Å²) >= 11 is 0. The van der Waals surface area contributed by atoms with Crippen LogP contribution in [0.5, 0.6) is 5.88 Å². The van der Waals surface area contributed by atoms with Gasteiger partial charge in [-0.3, -0.25) is 0 Å². The van der Waals surface area contributed by atoms with E-state index in [0.29, 0.717) is 24.4 Å². The maximum Gasteiger partial charge on any atom is 0.218 e. The number of guanidine groups is 1. The van der Waals surface area contributed by atoms with E-state index in [9.17, 15) is 0 Å². The summed E-state index contributed by atoms with van der Waals surface area (Å²) in [4.78, 5) is 8.46. The molecule has 0 atom stereocenters. The lowest BCUT2D eigenvalue weighted by atomic mass is 10.2. The predicted molar refractivity (Wildman–Crippen MR) is 71.5 cm³/mol. The molecule has 1 fully saturated rings. The molecule has 0 aliphatic heterocycles. The third kappa shape index (κ3) is 3.35. The normalized spacial score (nSPS) is 16.8. The highest BCUT2D eigenvalue weighted by Crippen LogP contribution is 2.17. The van der Waals surface area contributed by atoms with Gasteiger partial charge in [-0.25, -0.2) is 9.98 Å². The summed E-state index contributed by atoms with van der Waals surface area (Å²) in [6, 6.07) is 4.30. The molecule has 0 bridgehead atoms. The van der Waals surface area contributed by atoms with Gasteiger partial charge < -0.3 is 15.8 Å². The molecule has 1 aromatic heterocycles. The van der Waals surface area contributed by atoms with Crippen molar-refractivity contribution in [3.05, 3.63) is 23.9 Å². The highest BCUT2D eigenvalue weighted by Gasteiger charge is 2.14. The van der Waals surface area contributed by atoms with Crippen molar-refractivity contribution in [1.82, 2.24) is 10.3 Å². The minimum atomic E-state index is 0.489. The number of hydrogen-bond acceptors (Lipinski definition) is 3. The Morgan fingerprint density at radius 1 is 1.56 bits per heavy atom. The maximum atomic E-state index is 5.87. The molecule has 1 heterocycles. The molecule has 0 unspecified atom stereocenters. The fourth-order valence-electron chi connectivity index (χ4n) is 2.22. The smallest absolute Gasteiger partial charge is 0.218 e. The number of methoxy groups -OCH3 is 1. The Balaban J connectivity index is 1.92. The largest absolute Gasteiger partial charge is 0.481 e. The molecule has 0 radical (unpaired) electrons. The standard InChI is InChI=1S/C13H20N4O/c1-18-12-10(5-4-8-15-12)9-16-13(14)17-11-6-2-3-7-11/h4-5,8,11H,2-3,6-7,9H2,1H3,(H3,14,16,17). The average Bonchev–Trinajstić information content (AvgIpc) is 2.89. The van der Waals surface area contributed by atoms with Crippen molar-refractivity contribution in [1.29, 1.82) is 0 Å². The van der Waals surface area contributed by atoms with Crippen molar-refractivity contribution in [2.45, 2.75) is 38.3 Å². The van der Waals surface area contributed by atoms with Gasteiger partial charge in [0, 0.05) is 17.8 Å². The van der Waals surface area contributed by atoms with Crippen molar-refractivity contribution in [3.63, 3.8) is 0 Å². The lowest BCUT2D eigenvalue weighted by molar-refractivity contribution is 0.392. The summed E-state index contributed by atoms with van der Waals surface area (Å²) in [5.74, 6) is 1.11. The Morgan fingerprint density at radius 2 is 2.33 bits per heavy atom. The van der Waals surface area contributed by atoms with Crippen LogP contribution in [-0.2, 0) is 6.54 Å². The Kier molecular flexibility index (Phi) is 4.39. The van der Waals surface area contributed by atoms with Gasteiger partial charge in [0.05, 0.1) is 13.7 Å². The van der Waals surface area contributed by atoms with E-state index in [0.717, 1.165) is 5.56 Å². The lowest BCUT2D eigenvalue weighted by Crippen LogP contribution is -2.38. The highest BCUT2D eigenvalue weighted by molar-refractivity contribution is 5.78. The summed E-state index contributed by atoms with van der Waals surface area (Å²) in [6.45, 7) is 0.489. The van der Waals surface area contributed by atoms with Crippen molar-refractivity contribution in [2.24, 2.45) is 10.7 Å². The first-order valence-corrected chi connectivity index (χ1v) is 6.34. The molecular formula is C13H20N4O. The molecule has 1 saturated carbocycles. The number of hydrogen-bond donors (Lipinski definition) is 2. The van der Waals surface area contributed by atoms with E-state index in [2.05, 4.69) is 15.3 Å². The maximum absolute atomic E-state index is 5.87. The zero-order valence-corrected chi connectivity index (χ0v) is 10.7. The fourth-order valence-corrected chi connectivity index (χ4v) is 2.22. The molecule has 0 amide bonds. The third-order valence-electron chi connectivity index (χ3n) is 3.17. The van der Waals surface area contributed by atoms with E-state index in [1.807, 2.05) is 12.1 Å². The molecule has 0 aromatic carbocycles. The van der Waals surface area contributed by atoms with Gasteiger partial charge in [-0.2, -0.15) is 0 Å². The second-order valence-corrected chi connectivity index (χ2v) is 4.50. The molecular weight excluding hydrogens is 228 g/mol. The Labute approximate surface area is 107 Å². The molecule has 1 aromatic rings. The molecule has 5 heteroatoms. The first kappa shape index (κ1) is 12.7. The monoisotopic (exact) mass is 248 g/mol. The topological polar surface area (TPSA) is 72.5 Å². The Bertz CT molecular complexity index is 413. The third-order valence-corrected chi connectivity index (χ3v) is 3.17. The average molecular weight is 248 g/mol. The fraction of sp³-hybridized carbons (Fsp3) is 0.538. The summed E-state index contributed by atoms with van der Waals surface area (Å²) in [5, 5.41) is 3.25. The van der Waals surface area contributed by atoms with Gasteiger partial charge >= 0.3 is 0 Å². The number of pyridine rings is 1. The molecule has 5 nitrogen and oxygen atoms in total. The number of ether oxygens (including phenoxy) is 1. The zero-order valence-electron chi connectivity index (χ0n) is 10.7. The highest BCUT2D eigenvalue weighted by atomic mass is 16.5. The van der Waals surface area contributed by atoms with Gasteiger partial charge in [-0.15, -0.1) is 0 Å². The van der Waals surface area contributed by atoms with Crippen LogP contribution >= 0.6 is 0 Å². The number of nitrogens with two attached hydrogens (primary N) is 1. The number of aliphatic imine (C=N–C) groups is 1. The molecule has 18 heavy (non-hydrogen) atoms. The Morgan fingerprint density at radius 3 is 3.06 bits per heavy atom. The van der Waals surface area contributed by atoms with Crippen LogP contribution in [-0.4, -0.2) is 24.1 Å². The van der Waals surface area contributed by atoms with Crippen LogP contribution in [0, 0.1) is 0 Å². The van der Waals surface area contributed by atoms with E-state index < -0.39 is 0 Å². The van der Waals surface area contributed by atoms with Crippen LogP contribution in [0.25, 0.3) is 0 Å². The summed E-state index contributed by atoms with van der Waals surface area (Å²) in [5.41, 5.74) is 6.81. The van der Waals surface area contributed by atoms with Crippen LogP contribution in [0.1, 0.15) is 31.2 Å². The summed E-state index contributed by atoms with van der Waals surface area (Å²) in [6.07, 6.45) is 6.63. The summed E-state index contributed by atoms with van der Waals surface area (Å²) in [7, 11) is 1.61. The quantitative estimate of drug-likeness (QED) is 0.624. The van der Waals surface area contributed by atoms with Crippen LogP contribution < -0.4 is 15.8 Å². The van der Waals surface area contributed by atoms with E-state index in [1.54, 1.807) is 13.3 Å². The molecule has 0 saturated heterocycles.